The lowest BCUT2D eigenvalue weighted by molar-refractivity contribution is -0.144. The van der Waals surface area contributed by atoms with Gasteiger partial charge >= 0.3 is 5.97 Å². The molecule has 110 valence electrons. The van der Waals surface area contributed by atoms with E-state index in [4.69, 9.17) is 4.74 Å². The fourth-order valence-corrected chi connectivity index (χ4v) is 2.85. The number of hydrogen-bond donors (Lipinski definition) is 0. The molecular formula is C17H18O3S. The third kappa shape index (κ3) is 3.58. The first kappa shape index (κ1) is 15.4. The van der Waals surface area contributed by atoms with Crippen LogP contribution < -0.4 is 0 Å². The van der Waals surface area contributed by atoms with Crippen molar-refractivity contribution in [3.8, 4) is 0 Å². The van der Waals surface area contributed by atoms with Gasteiger partial charge in [-0.25, -0.2) is 0 Å². The fraction of sp³-hybridized carbons (Fsp3) is 0.294. The summed E-state index contributed by atoms with van der Waals surface area (Å²) in [6.07, 6.45) is 0. The van der Waals surface area contributed by atoms with Crippen LogP contribution in [-0.4, -0.2) is 18.4 Å². The molecule has 2 rings (SSSR count). The number of benzene rings is 1. The molecule has 0 aliphatic rings. The van der Waals surface area contributed by atoms with Gasteiger partial charge in [0, 0.05) is 10.4 Å². The van der Waals surface area contributed by atoms with Gasteiger partial charge in [0.05, 0.1) is 17.4 Å². The van der Waals surface area contributed by atoms with Crippen molar-refractivity contribution in [1.82, 2.24) is 0 Å². The maximum absolute atomic E-state index is 12.3. The van der Waals surface area contributed by atoms with Crippen LogP contribution in [0.15, 0.2) is 36.4 Å². The smallest absolute Gasteiger partial charge is 0.313 e. The van der Waals surface area contributed by atoms with Gasteiger partial charge < -0.3 is 4.74 Å². The number of ketones is 1. The average Bonchev–Trinajstić information content (AvgIpc) is 2.92. The lowest BCUT2D eigenvalue weighted by Crippen LogP contribution is -2.13. The second-order valence-corrected chi connectivity index (χ2v) is 6.12. The van der Waals surface area contributed by atoms with Crippen LogP contribution in [0.1, 0.15) is 45.4 Å². The Balaban J connectivity index is 2.15. The van der Waals surface area contributed by atoms with E-state index in [2.05, 4.69) is 0 Å². The van der Waals surface area contributed by atoms with E-state index in [1.165, 1.54) is 11.3 Å². The third-order valence-corrected chi connectivity index (χ3v) is 4.28. The normalized spacial score (nSPS) is 12.0. The van der Waals surface area contributed by atoms with E-state index in [1.54, 1.807) is 26.0 Å². The molecule has 0 aliphatic carbocycles. The van der Waals surface area contributed by atoms with E-state index >= 15 is 0 Å². The van der Waals surface area contributed by atoms with Crippen molar-refractivity contribution in [2.45, 2.75) is 26.7 Å². The molecule has 0 amide bonds. The number of carbonyl (C=O) groups is 2. The van der Waals surface area contributed by atoms with E-state index in [1.807, 2.05) is 31.2 Å². The molecule has 0 aliphatic heterocycles. The molecular weight excluding hydrogens is 284 g/mol. The van der Waals surface area contributed by atoms with Gasteiger partial charge in [0.1, 0.15) is 0 Å². The summed E-state index contributed by atoms with van der Waals surface area (Å²) in [7, 11) is 0. The highest BCUT2D eigenvalue weighted by Gasteiger charge is 2.17. The Kier molecular flexibility index (Phi) is 4.91. The van der Waals surface area contributed by atoms with Gasteiger partial charge in [-0.2, -0.15) is 0 Å². The van der Waals surface area contributed by atoms with Crippen LogP contribution in [0, 0.1) is 6.92 Å². The largest absolute Gasteiger partial charge is 0.466 e. The third-order valence-electron chi connectivity index (χ3n) is 3.28. The van der Waals surface area contributed by atoms with Crippen LogP contribution in [0.3, 0.4) is 0 Å². The molecule has 0 fully saturated rings. The van der Waals surface area contributed by atoms with Crippen LogP contribution in [0.2, 0.25) is 0 Å². The van der Waals surface area contributed by atoms with Gasteiger partial charge in [0.2, 0.25) is 5.78 Å². The Bertz CT molecular complexity index is 640. The van der Waals surface area contributed by atoms with E-state index in [-0.39, 0.29) is 17.7 Å². The molecule has 3 nitrogen and oxygen atoms in total. The minimum atomic E-state index is -0.321. The molecule has 21 heavy (non-hydrogen) atoms. The average molecular weight is 302 g/mol. The quantitative estimate of drug-likeness (QED) is 0.620. The number of ether oxygens (including phenoxy) is 1. The first-order valence-electron chi connectivity index (χ1n) is 6.90. The Hall–Kier alpha value is -1.94. The minimum absolute atomic E-state index is 0.0171. The van der Waals surface area contributed by atoms with Gasteiger partial charge in [-0.05, 0) is 38.5 Å². The minimum Gasteiger partial charge on any atom is -0.466 e. The molecule has 2 aromatic rings. The Labute approximate surface area is 128 Å². The predicted molar refractivity (Wildman–Crippen MR) is 84.0 cm³/mol. The summed E-state index contributed by atoms with van der Waals surface area (Å²) >= 11 is 1.49. The summed E-state index contributed by atoms with van der Waals surface area (Å²) in [6.45, 7) is 5.94. The molecule has 0 N–H and O–H groups in total. The Morgan fingerprint density at radius 3 is 2.33 bits per heavy atom. The maximum Gasteiger partial charge on any atom is 0.313 e. The summed E-state index contributed by atoms with van der Waals surface area (Å²) < 4.78 is 5.00. The molecule has 0 bridgehead atoms. The van der Waals surface area contributed by atoms with Gasteiger partial charge in [0.25, 0.3) is 0 Å². The Morgan fingerprint density at radius 2 is 1.81 bits per heavy atom. The standard InChI is InChI=1S/C17H18O3S/c1-4-20-17(19)12(3)13-6-8-14(9-7-13)16(18)15-10-5-11(2)21-15/h5-10,12H,4H2,1-3H3. The molecule has 1 atom stereocenters. The molecule has 1 aromatic carbocycles. The molecule has 0 saturated heterocycles. The van der Waals surface area contributed by atoms with Crippen molar-refractivity contribution in [2.75, 3.05) is 6.61 Å². The molecule has 1 aromatic heterocycles. The first-order valence-corrected chi connectivity index (χ1v) is 7.72. The Morgan fingerprint density at radius 1 is 1.14 bits per heavy atom. The topological polar surface area (TPSA) is 43.4 Å². The number of carbonyl (C=O) groups excluding carboxylic acids is 2. The van der Waals surface area contributed by atoms with Gasteiger partial charge in [-0.3, -0.25) is 9.59 Å². The van der Waals surface area contributed by atoms with Crippen LogP contribution in [0.4, 0.5) is 0 Å². The zero-order chi connectivity index (χ0) is 15.4. The second kappa shape index (κ2) is 6.68. The molecule has 0 spiro atoms. The SMILES string of the molecule is CCOC(=O)C(C)c1ccc(C(=O)c2ccc(C)s2)cc1. The second-order valence-electron chi connectivity index (χ2n) is 4.84. The lowest BCUT2D eigenvalue weighted by Gasteiger charge is -2.11. The number of esters is 1. The van der Waals surface area contributed by atoms with E-state index in [0.717, 1.165) is 15.3 Å². The highest BCUT2D eigenvalue weighted by Crippen LogP contribution is 2.22. The number of hydrogen-bond acceptors (Lipinski definition) is 4. The number of thiophene rings is 1. The van der Waals surface area contributed by atoms with Crippen molar-refractivity contribution in [3.63, 3.8) is 0 Å². The monoisotopic (exact) mass is 302 g/mol. The van der Waals surface area contributed by atoms with Crippen molar-refractivity contribution >= 4 is 23.1 Å². The maximum atomic E-state index is 12.3. The zero-order valence-corrected chi connectivity index (χ0v) is 13.2. The fourth-order valence-electron chi connectivity index (χ4n) is 2.03. The first-order chi connectivity index (χ1) is 10.0. The molecule has 4 heteroatoms. The molecule has 1 unspecified atom stereocenters. The van der Waals surface area contributed by atoms with Crippen LogP contribution in [0.5, 0.6) is 0 Å². The summed E-state index contributed by atoms with van der Waals surface area (Å²) in [6, 6.07) is 10.9. The van der Waals surface area contributed by atoms with Crippen LogP contribution >= 0.6 is 11.3 Å². The number of aryl methyl sites for hydroxylation is 1. The van der Waals surface area contributed by atoms with Crippen LogP contribution in [0.25, 0.3) is 0 Å². The summed E-state index contributed by atoms with van der Waals surface area (Å²) in [5, 5.41) is 0. The van der Waals surface area contributed by atoms with Crippen molar-refractivity contribution in [1.29, 1.82) is 0 Å². The zero-order valence-electron chi connectivity index (χ0n) is 12.4. The highest BCUT2D eigenvalue weighted by atomic mass is 32.1. The van der Waals surface area contributed by atoms with Gasteiger partial charge in [-0.15, -0.1) is 11.3 Å². The van der Waals surface area contributed by atoms with Gasteiger partial charge in [-0.1, -0.05) is 24.3 Å². The lowest BCUT2D eigenvalue weighted by atomic mass is 9.98. The predicted octanol–water partition coefficient (Wildman–Crippen LogP) is 3.95. The summed E-state index contributed by atoms with van der Waals surface area (Å²) in [4.78, 5) is 25.8. The molecule has 0 radical (unpaired) electrons. The molecule has 1 heterocycles. The summed E-state index contributed by atoms with van der Waals surface area (Å²) in [5.41, 5.74) is 1.49. The van der Waals surface area contributed by atoms with E-state index < -0.39 is 0 Å². The van der Waals surface area contributed by atoms with Gasteiger partial charge in [0.15, 0.2) is 0 Å². The van der Waals surface area contributed by atoms with E-state index in [9.17, 15) is 9.59 Å². The van der Waals surface area contributed by atoms with Crippen molar-refractivity contribution in [3.05, 3.63) is 57.3 Å². The van der Waals surface area contributed by atoms with Crippen molar-refractivity contribution < 1.29 is 14.3 Å². The van der Waals surface area contributed by atoms with E-state index in [0.29, 0.717) is 12.2 Å². The summed E-state index contributed by atoms with van der Waals surface area (Å²) in [5.74, 6) is -0.549. The van der Waals surface area contributed by atoms with Crippen LogP contribution in [-0.2, 0) is 9.53 Å². The highest BCUT2D eigenvalue weighted by molar-refractivity contribution is 7.14. The number of rotatable bonds is 5. The van der Waals surface area contributed by atoms with Crippen molar-refractivity contribution in [2.24, 2.45) is 0 Å². The molecule has 0 saturated carbocycles.